The van der Waals surface area contributed by atoms with Crippen molar-refractivity contribution >= 4 is 23.6 Å². The number of anilines is 1. The molecule has 0 saturated carbocycles. The van der Waals surface area contributed by atoms with Gasteiger partial charge in [0.1, 0.15) is 0 Å². The highest BCUT2D eigenvalue weighted by Gasteiger charge is 2.37. The second-order valence-electron chi connectivity index (χ2n) is 4.17. The summed E-state index contributed by atoms with van der Waals surface area (Å²) >= 11 is 5.79. The minimum Gasteiger partial charge on any atom is -0.386 e. The fourth-order valence-corrected chi connectivity index (χ4v) is 2.03. The average molecular weight is 226 g/mol. The Bertz CT molecular complexity index is 396. The van der Waals surface area contributed by atoms with Crippen LogP contribution in [0.4, 0.5) is 5.69 Å². The van der Waals surface area contributed by atoms with Crippen molar-refractivity contribution in [2.45, 2.75) is 12.5 Å². The third kappa shape index (κ3) is 1.98. The van der Waals surface area contributed by atoms with Crippen LogP contribution in [0.15, 0.2) is 18.2 Å². The molecule has 1 aliphatic heterocycles. The number of β-amino-alcohol motifs (C(OH)–C–C–N with tert-alkyl or cyclic N) is 1. The summed E-state index contributed by atoms with van der Waals surface area (Å²) in [6.07, 6.45) is 0.786. The second kappa shape index (κ2) is 3.51. The van der Waals surface area contributed by atoms with Crippen LogP contribution in [0.5, 0.6) is 0 Å². The van der Waals surface area contributed by atoms with Crippen molar-refractivity contribution < 1.29 is 9.90 Å². The van der Waals surface area contributed by atoms with Crippen molar-refractivity contribution in [2.24, 2.45) is 0 Å². The number of aliphatic hydroxyl groups is 1. The molecule has 0 atom stereocenters. The van der Waals surface area contributed by atoms with Gasteiger partial charge >= 0.3 is 0 Å². The molecule has 0 amide bonds. The Balaban J connectivity index is 2.26. The molecule has 0 radical (unpaired) electrons. The third-order valence-corrected chi connectivity index (χ3v) is 2.76. The number of halogens is 1. The van der Waals surface area contributed by atoms with Gasteiger partial charge in [-0.1, -0.05) is 11.6 Å². The zero-order chi connectivity index (χ0) is 11.1. The predicted octanol–water partition coefficient (Wildman–Crippen LogP) is 1.72. The van der Waals surface area contributed by atoms with Crippen molar-refractivity contribution in [3.63, 3.8) is 0 Å². The first-order valence-corrected chi connectivity index (χ1v) is 5.12. The molecule has 80 valence electrons. The number of carbonyl (C=O) groups excluding carboxylic acids is 1. The van der Waals surface area contributed by atoms with Gasteiger partial charge in [0, 0.05) is 29.4 Å². The Hall–Kier alpha value is -1.06. The van der Waals surface area contributed by atoms with Crippen molar-refractivity contribution in [3.8, 4) is 0 Å². The van der Waals surface area contributed by atoms with Gasteiger partial charge in [0.2, 0.25) is 0 Å². The van der Waals surface area contributed by atoms with Crippen LogP contribution in [0.2, 0.25) is 5.02 Å². The Kier molecular flexibility index (Phi) is 2.44. The highest BCUT2D eigenvalue weighted by atomic mass is 35.5. The lowest BCUT2D eigenvalue weighted by Gasteiger charge is -2.46. The largest absolute Gasteiger partial charge is 0.386 e. The van der Waals surface area contributed by atoms with Crippen molar-refractivity contribution in [3.05, 3.63) is 28.8 Å². The van der Waals surface area contributed by atoms with Gasteiger partial charge in [0.05, 0.1) is 5.60 Å². The Morgan fingerprint density at radius 2 is 2.20 bits per heavy atom. The summed E-state index contributed by atoms with van der Waals surface area (Å²) in [7, 11) is 0. The first-order valence-electron chi connectivity index (χ1n) is 4.74. The molecular formula is C11H12ClNO2. The molecule has 0 bridgehead atoms. The Morgan fingerprint density at radius 1 is 1.53 bits per heavy atom. The molecule has 1 N–H and O–H groups in total. The first-order chi connectivity index (χ1) is 7.02. The van der Waals surface area contributed by atoms with Crippen molar-refractivity contribution in [1.29, 1.82) is 0 Å². The molecule has 0 unspecified atom stereocenters. The zero-order valence-corrected chi connectivity index (χ0v) is 9.16. The van der Waals surface area contributed by atoms with Crippen LogP contribution in [0, 0.1) is 0 Å². The van der Waals surface area contributed by atoms with Gasteiger partial charge in [-0.3, -0.25) is 4.79 Å². The normalized spacial score (nSPS) is 18.5. The molecular weight excluding hydrogens is 214 g/mol. The summed E-state index contributed by atoms with van der Waals surface area (Å²) in [5.74, 6) is 0. The van der Waals surface area contributed by atoms with Crippen LogP contribution in [-0.2, 0) is 0 Å². The molecule has 2 rings (SSSR count). The Labute approximate surface area is 93.3 Å². The summed E-state index contributed by atoms with van der Waals surface area (Å²) in [6.45, 7) is 2.88. The van der Waals surface area contributed by atoms with E-state index in [4.69, 9.17) is 11.6 Å². The van der Waals surface area contributed by atoms with Gasteiger partial charge < -0.3 is 10.0 Å². The molecule has 1 aromatic rings. The van der Waals surface area contributed by atoms with Crippen LogP contribution in [0.25, 0.3) is 0 Å². The smallest absolute Gasteiger partial charge is 0.152 e. The lowest BCUT2D eigenvalue weighted by molar-refractivity contribution is 0.0309. The zero-order valence-electron chi connectivity index (χ0n) is 8.40. The SMILES string of the molecule is CC1(O)CN(c2ccc(Cl)cc2C=O)C1. The van der Waals surface area contributed by atoms with Gasteiger partial charge in [-0.2, -0.15) is 0 Å². The summed E-state index contributed by atoms with van der Waals surface area (Å²) in [4.78, 5) is 12.8. The lowest BCUT2D eigenvalue weighted by atomic mass is 9.95. The number of benzene rings is 1. The van der Waals surface area contributed by atoms with E-state index in [-0.39, 0.29) is 0 Å². The number of aldehydes is 1. The molecule has 3 nitrogen and oxygen atoms in total. The fraction of sp³-hybridized carbons (Fsp3) is 0.364. The van der Waals surface area contributed by atoms with Gasteiger partial charge in [-0.15, -0.1) is 0 Å². The van der Waals surface area contributed by atoms with E-state index in [0.29, 0.717) is 23.7 Å². The molecule has 4 heteroatoms. The molecule has 0 aliphatic carbocycles. The molecule has 0 aromatic heterocycles. The minimum atomic E-state index is -0.639. The predicted molar refractivity (Wildman–Crippen MR) is 59.7 cm³/mol. The van der Waals surface area contributed by atoms with Crippen LogP contribution in [0.1, 0.15) is 17.3 Å². The fourth-order valence-electron chi connectivity index (χ4n) is 1.85. The van der Waals surface area contributed by atoms with Gasteiger partial charge in [-0.25, -0.2) is 0 Å². The maximum absolute atomic E-state index is 10.8. The van der Waals surface area contributed by atoms with Crippen LogP contribution in [0.3, 0.4) is 0 Å². The lowest BCUT2D eigenvalue weighted by Crippen LogP contribution is -2.60. The highest BCUT2D eigenvalue weighted by molar-refractivity contribution is 6.31. The summed E-state index contributed by atoms with van der Waals surface area (Å²) in [6, 6.07) is 5.19. The average Bonchev–Trinajstić information content (AvgIpc) is 2.14. The Morgan fingerprint density at radius 3 is 2.73 bits per heavy atom. The number of carbonyl (C=O) groups is 1. The van der Waals surface area contributed by atoms with Crippen LogP contribution >= 0.6 is 11.6 Å². The maximum atomic E-state index is 10.8. The van der Waals surface area contributed by atoms with E-state index in [1.54, 1.807) is 25.1 Å². The van der Waals surface area contributed by atoms with E-state index >= 15 is 0 Å². The van der Waals surface area contributed by atoms with E-state index in [1.807, 2.05) is 4.90 Å². The third-order valence-electron chi connectivity index (χ3n) is 2.52. The van der Waals surface area contributed by atoms with E-state index in [1.165, 1.54) is 0 Å². The maximum Gasteiger partial charge on any atom is 0.152 e. The van der Waals surface area contributed by atoms with E-state index in [2.05, 4.69) is 0 Å². The molecule has 15 heavy (non-hydrogen) atoms. The second-order valence-corrected chi connectivity index (χ2v) is 4.61. The quantitative estimate of drug-likeness (QED) is 0.780. The molecule has 1 fully saturated rings. The number of nitrogens with zero attached hydrogens (tertiary/aromatic N) is 1. The molecule has 1 saturated heterocycles. The molecule has 1 heterocycles. The number of hydrogen-bond donors (Lipinski definition) is 1. The van der Waals surface area contributed by atoms with Gasteiger partial charge in [0.25, 0.3) is 0 Å². The van der Waals surface area contributed by atoms with Crippen LogP contribution in [-0.4, -0.2) is 30.1 Å². The van der Waals surface area contributed by atoms with E-state index < -0.39 is 5.60 Å². The van der Waals surface area contributed by atoms with Crippen molar-refractivity contribution in [2.75, 3.05) is 18.0 Å². The highest BCUT2D eigenvalue weighted by Crippen LogP contribution is 2.30. The summed E-state index contributed by atoms with van der Waals surface area (Å²) in [5, 5.41) is 10.2. The summed E-state index contributed by atoms with van der Waals surface area (Å²) in [5.41, 5.74) is 0.763. The van der Waals surface area contributed by atoms with Crippen LogP contribution < -0.4 is 4.90 Å². The van der Waals surface area contributed by atoms with Gasteiger partial charge in [0.15, 0.2) is 6.29 Å². The van der Waals surface area contributed by atoms with E-state index in [9.17, 15) is 9.90 Å². The van der Waals surface area contributed by atoms with E-state index in [0.717, 1.165) is 12.0 Å². The van der Waals surface area contributed by atoms with Crippen molar-refractivity contribution in [1.82, 2.24) is 0 Å². The topological polar surface area (TPSA) is 40.5 Å². The minimum absolute atomic E-state index is 0.549. The standard InChI is InChI=1S/C11H12ClNO2/c1-11(15)6-13(7-11)10-3-2-9(12)4-8(10)5-14/h2-5,15H,6-7H2,1H3. The molecule has 0 spiro atoms. The molecule has 1 aliphatic rings. The monoisotopic (exact) mass is 225 g/mol. The van der Waals surface area contributed by atoms with Gasteiger partial charge in [-0.05, 0) is 25.1 Å². The molecule has 1 aromatic carbocycles. The first kappa shape index (κ1) is 10.5. The number of hydrogen-bond acceptors (Lipinski definition) is 3. The number of rotatable bonds is 2. The summed E-state index contributed by atoms with van der Waals surface area (Å²) < 4.78 is 0.